The third-order valence-electron chi connectivity index (χ3n) is 5.26. The van der Waals surface area contributed by atoms with Crippen LogP contribution in [-0.2, 0) is 22.4 Å². The van der Waals surface area contributed by atoms with E-state index in [2.05, 4.69) is 0 Å². The highest BCUT2D eigenvalue weighted by atomic mass is 32.1. The summed E-state index contributed by atoms with van der Waals surface area (Å²) >= 11 is 1.59. The average Bonchev–Trinajstić information content (AvgIpc) is 3.41. The molecule has 37 heavy (non-hydrogen) atoms. The van der Waals surface area contributed by atoms with Crippen LogP contribution in [0, 0.1) is 0 Å². The minimum Gasteiger partial charge on any atom is -0.598 e. The van der Waals surface area contributed by atoms with Crippen LogP contribution in [0.1, 0.15) is 11.1 Å². The van der Waals surface area contributed by atoms with Gasteiger partial charge in [-0.25, -0.2) is 0 Å². The molecule has 0 amide bonds. The van der Waals surface area contributed by atoms with Crippen LogP contribution in [0.25, 0.3) is 0 Å². The van der Waals surface area contributed by atoms with E-state index in [-0.39, 0.29) is 19.0 Å². The van der Waals surface area contributed by atoms with Crippen LogP contribution >= 0.6 is 19.5 Å². The lowest BCUT2D eigenvalue weighted by molar-refractivity contribution is -0.683. The van der Waals surface area contributed by atoms with Gasteiger partial charge in [0.05, 0.1) is 5.38 Å². The van der Waals surface area contributed by atoms with Gasteiger partial charge in [0.25, 0.3) is 0 Å². The van der Waals surface area contributed by atoms with E-state index in [1.165, 1.54) is 7.11 Å². The van der Waals surface area contributed by atoms with Crippen LogP contribution in [0.4, 0.5) is 0 Å². The minimum atomic E-state index is -4.37. The van der Waals surface area contributed by atoms with Crippen molar-refractivity contribution in [2.45, 2.75) is 19.3 Å². The number of ether oxygens (including phenoxy) is 3. The number of rotatable bonds is 14. The van der Waals surface area contributed by atoms with Gasteiger partial charge in [-0.2, -0.15) is 14.0 Å². The van der Waals surface area contributed by atoms with E-state index in [1.54, 1.807) is 41.7 Å². The minimum absolute atomic E-state index is 0.103. The molecule has 4 aromatic rings. The van der Waals surface area contributed by atoms with E-state index >= 15 is 0 Å². The van der Waals surface area contributed by atoms with E-state index in [0.29, 0.717) is 24.7 Å². The monoisotopic (exact) mass is 542 g/mol. The molecule has 1 aromatic heterocycles. The molecule has 0 aliphatic rings. The maximum absolute atomic E-state index is 12.5. The van der Waals surface area contributed by atoms with E-state index < -0.39 is 14.3 Å². The Labute approximate surface area is 220 Å². The molecular formula is C27H29NO7PS+. The molecule has 1 N–H and O–H groups in total. The predicted octanol–water partition coefficient (Wildman–Crippen LogP) is 4.18. The van der Waals surface area contributed by atoms with Crippen molar-refractivity contribution in [1.82, 2.24) is 0 Å². The third-order valence-corrected chi connectivity index (χ3v) is 6.85. The molecule has 3 aromatic carbocycles. The molecule has 10 heteroatoms. The molecule has 8 nitrogen and oxygen atoms in total. The number of benzene rings is 3. The highest BCUT2D eigenvalue weighted by Crippen LogP contribution is 2.47. The first kappa shape index (κ1) is 27.0. The van der Waals surface area contributed by atoms with Gasteiger partial charge in [-0.1, -0.05) is 59.9 Å². The second-order valence-corrected chi connectivity index (χ2v) is 10.3. The van der Waals surface area contributed by atoms with Gasteiger partial charge in [0.15, 0.2) is 18.5 Å². The summed E-state index contributed by atoms with van der Waals surface area (Å²) in [6.45, 7) is 0.976. The molecule has 0 aliphatic carbocycles. The summed E-state index contributed by atoms with van der Waals surface area (Å²) in [5.74, 6) is 1.49. The Hall–Kier alpha value is -3.04. The Morgan fingerprint density at radius 1 is 0.892 bits per heavy atom. The standard InChI is InChI=1S/C27H28NO7PS/c1-31-27(19-33-25-11-6-10-24(16-25)32-18-22-7-3-2-4-8-22)20-34-36(29,30)35-26-12-5-9-23(15-26)17-28-13-14-37-21-28/h2-16,21,27H,17-20H2,1H3/p+1/t27-/m1/s1. The number of hydrogen-bond donors (Lipinski definition) is 1. The second-order valence-electron chi connectivity index (χ2n) is 8.12. The summed E-state index contributed by atoms with van der Waals surface area (Å²) < 4.78 is 29.5. The summed E-state index contributed by atoms with van der Waals surface area (Å²) in [5, 5.41) is 1.97. The Kier molecular flexibility index (Phi) is 9.85. The van der Waals surface area contributed by atoms with Crippen molar-refractivity contribution in [2.75, 3.05) is 20.3 Å². The molecule has 4 rings (SSSR count). The van der Waals surface area contributed by atoms with Crippen molar-refractivity contribution >= 4 is 19.5 Å². The Bertz CT molecular complexity index is 1220. The molecule has 0 spiro atoms. The fraction of sp³-hybridized carbons (Fsp3) is 0.222. The Morgan fingerprint density at radius 3 is 2.38 bits per heavy atom. The van der Waals surface area contributed by atoms with Crippen LogP contribution in [0.5, 0.6) is 17.2 Å². The van der Waals surface area contributed by atoms with Crippen molar-refractivity contribution in [3.63, 3.8) is 0 Å². The summed E-state index contributed by atoms with van der Waals surface area (Å²) in [5.41, 5.74) is 3.97. The smallest absolute Gasteiger partial charge is 0.426 e. The zero-order valence-corrected chi connectivity index (χ0v) is 22.1. The fourth-order valence-corrected chi connectivity index (χ4v) is 4.75. The molecule has 1 unspecified atom stereocenters. The molecular weight excluding hydrogens is 513 g/mol. The van der Waals surface area contributed by atoms with Gasteiger partial charge in [0.1, 0.15) is 37.4 Å². The first-order valence-electron chi connectivity index (χ1n) is 11.6. The Morgan fingerprint density at radius 2 is 1.62 bits per heavy atom. The third kappa shape index (κ3) is 9.09. The molecule has 2 atom stereocenters. The predicted molar refractivity (Wildman–Crippen MR) is 139 cm³/mol. The van der Waals surface area contributed by atoms with Crippen molar-refractivity contribution < 1.29 is 37.6 Å². The first-order chi connectivity index (χ1) is 18.0. The van der Waals surface area contributed by atoms with Crippen molar-refractivity contribution in [1.29, 1.82) is 0 Å². The van der Waals surface area contributed by atoms with Gasteiger partial charge in [-0.15, -0.1) is 0 Å². The van der Waals surface area contributed by atoms with Crippen molar-refractivity contribution in [3.8, 4) is 17.2 Å². The number of hydrogen-bond acceptors (Lipinski definition) is 8. The van der Waals surface area contributed by atoms with Gasteiger partial charge in [0, 0.05) is 18.7 Å². The van der Waals surface area contributed by atoms with Crippen molar-refractivity contribution in [3.05, 3.63) is 107 Å². The molecule has 0 aliphatic heterocycles. The van der Waals surface area contributed by atoms with E-state index in [1.807, 2.05) is 70.2 Å². The lowest BCUT2D eigenvalue weighted by Crippen LogP contribution is -2.30. The molecule has 0 radical (unpaired) electrons. The van der Waals surface area contributed by atoms with Gasteiger partial charge < -0.3 is 19.1 Å². The largest absolute Gasteiger partial charge is 0.598 e. The summed E-state index contributed by atoms with van der Waals surface area (Å²) in [6, 6.07) is 24.1. The molecule has 194 valence electrons. The summed E-state index contributed by atoms with van der Waals surface area (Å²) in [4.78, 5) is 22.8. The zero-order chi connectivity index (χ0) is 25.9. The normalized spacial score (nSPS) is 13.5. The van der Waals surface area contributed by atoms with Crippen LogP contribution < -0.4 is 23.5 Å². The highest BCUT2D eigenvalue weighted by molar-refractivity contribution is 7.53. The van der Waals surface area contributed by atoms with Gasteiger partial charge >= 0.3 is 8.17 Å². The molecule has 0 fully saturated rings. The lowest BCUT2D eigenvalue weighted by Gasteiger charge is -2.22. The number of nitrogens with zero attached hydrogens (tertiary/aromatic N) is 1. The summed E-state index contributed by atoms with van der Waals surface area (Å²) in [7, 11) is -2.90. The molecule has 0 bridgehead atoms. The van der Waals surface area contributed by atoms with Gasteiger partial charge in [-0.3, -0.25) is 4.52 Å². The fourth-order valence-electron chi connectivity index (χ4n) is 3.37. The summed E-state index contributed by atoms with van der Waals surface area (Å²) in [6.07, 6.45) is 1.36. The molecule has 1 heterocycles. The number of phosphoric acid groups is 1. The molecule has 0 saturated heterocycles. The average molecular weight is 543 g/mol. The van der Waals surface area contributed by atoms with Gasteiger partial charge in [0.2, 0.25) is 5.51 Å². The number of methoxy groups -OCH3 is 1. The topological polar surface area (TPSA) is 93.3 Å². The van der Waals surface area contributed by atoms with Crippen LogP contribution in [0.15, 0.2) is 96.0 Å². The SMILES string of the molecule is CO[C@H](COc1cccc(OCc2ccccc2)c1)CO[P+]([O-])(O)Oc1cccc(C[n+]2ccsc2)c1. The second kappa shape index (κ2) is 13.5. The van der Waals surface area contributed by atoms with Crippen LogP contribution in [-0.4, -0.2) is 31.3 Å². The van der Waals surface area contributed by atoms with Gasteiger partial charge in [-0.05, 0) is 29.8 Å². The lowest BCUT2D eigenvalue weighted by atomic mass is 10.2. The van der Waals surface area contributed by atoms with E-state index in [4.69, 9.17) is 23.3 Å². The zero-order valence-electron chi connectivity index (χ0n) is 20.3. The maximum atomic E-state index is 12.5. The first-order valence-corrected chi connectivity index (χ1v) is 14.0. The van der Waals surface area contributed by atoms with Crippen molar-refractivity contribution in [2.24, 2.45) is 0 Å². The number of phosphoric ester groups is 1. The number of aromatic nitrogens is 1. The van der Waals surface area contributed by atoms with Crippen LogP contribution in [0.3, 0.4) is 0 Å². The quantitative estimate of drug-likeness (QED) is 0.189. The number of thiazole rings is 1. The van der Waals surface area contributed by atoms with Crippen LogP contribution in [0.2, 0.25) is 0 Å². The van der Waals surface area contributed by atoms with E-state index in [0.717, 1.165) is 11.1 Å². The molecule has 0 saturated carbocycles. The highest BCUT2D eigenvalue weighted by Gasteiger charge is 2.31. The van der Waals surface area contributed by atoms with E-state index in [9.17, 15) is 9.79 Å². The Balaban J connectivity index is 1.24. The maximum Gasteiger partial charge on any atom is 0.426 e.